The molecule has 0 N–H and O–H groups in total. The van der Waals surface area contributed by atoms with Gasteiger partial charge in [0.15, 0.2) is 0 Å². The quantitative estimate of drug-likeness (QED) is 0.625. The molecule has 2 aromatic carbocycles. The molecule has 0 bridgehead atoms. The summed E-state index contributed by atoms with van der Waals surface area (Å²) in [6, 6.07) is 3.66. The van der Waals surface area contributed by atoms with Gasteiger partial charge >= 0.3 is 0 Å². The maximum Gasteiger partial charge on any atom is 0.229 e. The molecular formula is C14H12O4. The van der Waals surface area contributed by atoms with Crippen molar-refractivity contribution < 1.29 is 9.47 Å². The van der Waals surface area contributed by atoms with E-state index in [-0.39, 0.29) is 10.9 Å². The zero-order valence-corrected chi connectivity index (χ0v) is 10.2. The zero-order valence-electron chi connectivity index (χ0n) is 10.2. The van der Waals surface area contributed by atoms with E-state index in [0.717, 1.165) is 22.6 Å². The molecule has 1 aliphatic carbocycles. The van der Waals surface area contributed by atoms with Crippen molar-refractivity contribution in [2.45, 2.75) is 12.8 Å². The van der Waals surface area contributed by atoms with E-state index in [1.54, 1.807) is 14.2 Å². The molecule has 2 aromatic rings. The fourth-order valence-corrected chi connectivity index (χ4v) is 2.63. The van der Waals surface area contributed by atoms with Gasteiger partial charge in [-0.15, -0.1) is 0 Å². The van der Waals surface area contributed by atoms with E-state index >= 15 is 0 Å². The topological polar surface area (TPSA) is 52.6 Å². The first-order chi connectivity index (χ1) is 8.67. The first kappa shape index (κ1) is 11.0. The molecule has 3 rings (SSSR count). The molecular weight excluding hydrogens is 232 g/mol. The number of hydrogen-bond acceptors (Lipinski definition) is 4. The molecule has 18 heavy (non-hydrogen) atoms. The van der Waals surface area contributed by atoms with Gasteiger partial charge < -0.3 is 9.47 Å². The van der Waals surface area contributed by atoms with Crippen molar-refractivity contribution in [3.63, 3.8) is 0 Å². The lowest BCUT2D eigenvalue weighted by Crippen LogP contribution is -2.42. The SMILES string of the molecule is COc1ccc(OC)c2c1Cc1c(c(=O)c1=O)C2. The van der Waals surface area contributed by atoms with Crippen LogP contribution in [0.5, 0.6) is 11.5 Å². The van der Waals surface area contributed by atoms with Gasteiger partial charge in [-0.25, -0.2) is 0 Å². The fraction of sp³-hybridized carbons (Fsp3) is 0.286. The van der Waals surface area contributed by atoms with Gasteiger partial charge in [0.1, 0.15) is 11.5 Å². The Balaban J connectivity index is 2.19. The Bertz CT molecular complexity index is 644. The second-order valence-corrected chi connectivity index (χ2v) is 4.40. The van der Waals surface area contributed by atoms with Crippen molar-refractivity contribution in [2.75, 3.05) is 14.2 Å². The average molecular weight is 244 g/mol. The van der Waals surface area contributed by atoms with E-state index in [1.165, 1.54) is 0 Å². The standard InChI is InChI=1S/C14H12O4/c1-17-11-3-4-12(18-2)8-6-10-9(5-7(8)11)13(15)14(10)16/h3-4H,5-6H2,1-2H3. The Morgan fingerprint density at radius 3 is 1.50 bits per heavy atom. The summed E-state index contributed by atoms with van der Waals surface area (Å²) >= 11 is 0. The van der Waals surface area contributed by atoms with Gasteiger partial charge in [-0.1, -0.05) is 0 Å². The molecule has 4 heteroatoms. The fourth-order valence-electron chi connectivity index (χ4n) is 2.63. The minimum absolute atomic E-state index is 0.347. The van der Waals surface area contributed by atoms with Gasteiger partial charge in [0.05, 0.1) is 14.2 Å². The van der Waals surface area contributed by atoms with Gasteiger partial charge in [-0.05, 0) is 12.1 Å². The Labute approximate surface area is 103 Å². The highest BCUT2D eigenvalue weighted by Gasteiger charge is 2.30. The summed E-state index contributed by atoms with van der Waals surface area (Å²) in [5.41, 5.74) is 2.49. The van der Waals surface area contributed by atoms with Gasteiger partial charge in [0, 0.05) is 35.1 Å². The van der Waals surface area contributed by atoms with Crippen molar-refractivity contribution in [3.05, 3.63) is 54.8 Å². The molecule has 0 fully saturated rings. The molecule has 0 spiro atoms. The van der Waals surface area contributed by atoms with Crippen LogP contribution in [0.2, 0.25) is 0 Å². The summed E-state index contributed by atoms with van der Waals surface area (Å²) in [5, 5.41) is 0. The second kappa shape index (κ2) is 3.70. The van der Waals surface area contributed by atoms with Crippen molar-refractivity contribution in [1.29, 1.82) is 0 Å². The number of methoxy groups -OCH3 is 2. The summed E-state index contributed by atoms with van der Waals surface area (Å²) in [7, 11) is 3.19. The van der Waals surface area contributed by atoms with Gasteiger partial charge in [-0.2, -0.15) is 0 Å². The van der Waals surface area contributed by atoms with Gasteiger partial charge in [-0.3, -0.25) is 9.59 Å². The van der Waals surface area contributed by atoms with Crippen LogP contribution < -0.4 is 20.3 Å². The summed E-state index contributed by atoms with van der Waals surface area (Å²) in [6.07, 6.45) is 0.936. The molecule has 0 saturated heterocycles. The molecule has 0 amide bonds. The molecule has 0 atom stereocenters. The maximum absolute atomic E-state index is 11.5. The maximum atomic E-state index is 11.5. The van der Waals surface area contributed by atoms with Crippen LogP contribution in [0.1, 0.15) is 22.3 Å². The lowest BCUT2D eigenvalue weighted by molar-refractivity contribution is 0.394. The smallest absolute Gasteiger partial charge is 0.229 e. The third-order valence-electron chi connectivity index (χ3n) is 3.61. The van der Waals surface area contributed by atoms with Crippen molar-refractivity contribution in [3.8, 4) is 11.5 Å². The van der Waals surface area contributed by atoms with E-state index in [0.29, 0.717) is 24.0 Å². The summed E-state index contributed by atoms with van der Waals surface area (Å²) in [6.45, 7) is 0. The van der Waals surface area contributed by atoms with Crippen molar-refractivity contribution in [2.24, 2.45) is 0 Å². The van der Waals surface area contributed by atoms with Crippen LogP contribution in [-0.2, 0) is 12.8 Å². The molecule has 0 unspecified atom stereocenters. The van der Waals surface area contributed by atoms with E-state index in [4.69, 9.17) is 9.47 Å². The first-order valence-electron chi connectivity index (χ1n) is 5.71. The largest absolute Gasteiger partial charge is 0.496 e. The molecule has 0 saturated carbocycles. The van der Waals surface area contributed by atoms with Crippen LogP contribution in [0, 0.1) is 0 Å². The molecule has 0 radical (unpaired) electrons. The summed E-state index contributed by atoms with van der Waals surface area (Å²) in [4.78, 5) is 23.0. The second-order valence-electron chi connectivity index (χ2n) is 4.40. The lowest BCUT2D eigenvalue weighted by atomic mass is 9.81. The highest BCUT2D eigenvalue weighted by atomic mass is 16.5. The van der Waals surface area contributed by atoms with E-state index in [1.807, 2.05) is 12.1 Å². The minimum Gasteiger partial charge on any atom is -0.496 e. The summed E-state index contributed by atoms with van der Waals surface area (Å²) < 4.78 is 10.6. The third-order valence-corrected chi connectivity index (χ3v) is 3.61. The Morgan fingerprint density at radius 1 is 0.778 bits per heavy atom. The van der Waals surface area contributed by atoms with Crippen LogP contribution in [0.3, 0.4) is 0 Å². The number of fused-ring (bicyclic) bond motifs is 2. The number of ether oxygens (including phenoxy) is 2. The van der Waals surface area contributed by atoms with E-state index in [9.17, 15) is 9.59 Å². The molecule has 4 nitrogen and oxygen atoms in total. The van der Waals surface area contributed by atoms with Crippen LogP contribution in [0.4, 0.5) is 0 Å². The van der Waals surface area contributed by atoms with Crippen LogP contribution in [-0.4, -0.2) is 14.2 Å². The lowest BCUT2D eigenvalue weighted by Gasteiger charge is -2.24. The molecule has 0 aromatic heterocycles. The first-order valence-corrected chi connectivity index (χ1v) is 5.71. The average Bonchev–Trinajstić information content (AvgIpc) is 2.43. The normalized spacial score (nSPS) is 13.0. The minimum atomic E-state index is -0.347. The Hall–Kier alpha value is -2.10. The predicted octanol–water partition coefficient (Wildman–Crippen LogP) is 0.795. The predicted molar refractivity (Wildman–Crippen MR) is 66.5 cm³/mol. The number of benzene rings is 1. The number of hydrogen-bond donors (Lipinski definition) is 0. The highest BCUT2D eigenvalue weighted by Crippen LogP contribution is 2.37. The van der Waals surface area contributed by atoms with Crippen LogP contribution in [0.15, 0.2) is 21.7 Å². The van der Waals surface area contributed by atoms with Gasteiger partial charge in [0.2, 0.25) is 10.9 Å². The monoisotopic (exact) mass is 244 g/mol. The van der Waals surface area contributed by atoms with Crippen LogP contribution in [0.25, 0.3) is 0 Å². The highest BCUT2D eigenvalue weighted by molar-refractivity contribution is 5.57. The van der Waals surface area contributed by atoms with Crippen molar-refractivity contribution in [1.82, 2.24) is 0 Å². The Kier molecular flexibility index (Phi) is 2.26. The molecule has 1 aliphatic rings. The number of rotatable bonds is 2. The van der Waals surface area contributed by atoms with Crippen LogP contribution >= 0.6 is 0 Å². The third kappa shape index (κ3) is 1.26. The zero-order chi connectivity index (χ0) is 12.9. The molecule has 0 heterocycles. The molecule has 0 aliphatic heterocycles. The summed E-state index contributed by atoms with van der Waals surface area (Å²) in [5.74, 6) is 1.48. The Morgan fingerprint density at radius 2 is 1.17 bits per heavy atom. The van der Waals surface area contributed by atoms with Gasteiger partial charge in [0.25, 0.3) is 0 Å². The van der Waals surface area contributed by atoms with Crippen molar-refractivity contribution >= 4 is 0 Å². The van der Waals surface area contributed by atoms with E-state index in [2.05, 4.69) is 0 Å². The van der Waals surface area contributed by atoms with E-state index < -0.39 is 0 Å². The molecule has 92 valence electrons.